The van der Waals surface area contributed by atoms with Gasteiger partial charge in [0.1, 0.15) is 5.70 Å². The first-order valence-electron chi connectivity index (χ1n) is 15.5. The monoisotopic (exact) mass is 639 g/mol. The second-order valence-electron chi connectivity index (χ2n) is 11.2. The Kier molecular flexibility index (Phi) is 11.0. The van der Waals surface area contributed by atoms with E-state index in [0.717, 1.165) is 38.4 Å². The summed E-state index contributed by atoms with van der Waals surface area (Å²) in [5.74, 6) is -0.940. The van der Waals surface area contributed by atoms with Crippen LogP contribution in [0.1, 0.15) is 40.4 Å². The number of nitrogens with one attached hydrogen (secondary N) is 3. The second kappa shape index (κ2) is 15.7. The summed E-state index contributed by atoms with van der Waals surface area (Å²) in [5, 5.41) is 8.45. The van der Waals surface area contributed by atoms with Gasteiger partial charge in [-0.15, -0.1) is 11.8 Å². The fourth-order valence-corrected chi connectivity index (χ4v) is 6.13. The number of hydrogen-bond donors (Lipinski definition) is 3. The Hall–Kier alpha value is -5.40. The van der Waals surface area contributed by atoms with E-state index in [2.05, 4.69) is 22.0 Å². The van der Waals surface area contributed by atoms with E-state index in [9.17, 15) is 14.4 Å². The quantitative estimate of drug-likeness (QED) is 0.0995. The molecule has 236 valence electrons. The van der Waals surface area contributed by atoms with E-state index < -0.39 is 11.8 Å². The molecule has 0 radical (unpaired) electrons. The van der Waals surface area contributed by atoms with Gasteiger partial charge in [-0.25, -0.2) is 0 Å². The Labute approximate surface area is 280 Å². The smallest absolute Gasteiger partial charge is 0.272 e. The highest BCUT2D eigenvalue weighted by atomic mass is 32.2. The van der Waals surface area contributed by atoms with Gasteiger partial charge in [0, 0.05) is 21.8 Å². The highest BCUT2D eigenvalue weighted by Gasteiger charge is 2.20. The minimum absolute atomic E-state index is 0.0796. The Morgan fingerprint density at radius 1 is 0.681 bits per heavy atom. The minimum Gasteiger partial charge on any atom is -0.325 e. The molecule has 5 aromatic rings. The summed E-state index contributed by atoms with van der Waals surface area (Å²) >= 11 is 1.44. The summed E-state index contributed by atoms with van der Waals surface area (Å²) in [5.41, 5.74) is 6.92. The standard InChI is InChI=1S/C40H37N3O3S/c1-4-37(40(46)42-34-23-27(2)22-28(3)24-34)47-35-17-11-16-33(26-35)41-39(45)36(43-38(44)32-14-9-6-10-15-32)25-29-18-20-31(21-19-29)30-12-7-5-8-13-30/h5-26,37H,4H2,1-3H3,(H,41,45)(H,42,46)(H,43,44)/b36-25+. The van der Waals surface area contributed by atoms with Crippen molar-refractivity contribution in [1.82, 2.24) is 5.32 Å². The number of carbonyl (C=O) groups excluding carboxylic acids is 3. The third kappa shape index (κ3) is 9.31. The lowest BCUT2D eigenvalue weighted by molar-refractivity contribution is -0.116. The molecule has 7 heteroatoms. The highest BCUT2D eigenvalue weighted by molar-refractivity contribution is 8.00. The summed E-state index contributed by atoms with van der Waals surface area (Å²) in [6, 6.07) is 39.9. The van der Waals surface area contributed by atoms with E-state index in [-0.39, 0.29) is 16.9 Å². The molecule has 0 aliphatic rings. The van der Waals surface area contributed by atoms with Crippen LogP contribution in [-0.2, 0) is 9.59 Å². The molecule has 0 spiro atoms. The lowest BCUT2D eigenvalue weighted by Crippen LogP contribution is -2.30. The van der Waals surface area contributed by atoms with Gasteiger partial charge in [0.15, 0.2) is 0 Å². The van der Waals surface area contributed by atoms with E-state index in [1.165, 1.54) is 11.8 Å². The van der Waals surface area contributed by atoms with Crippen molar-refractivity contribution in [3.8, 4) is 11.1 Å². The number of rotatable bonds is 11. The van der Waals surface area contributed by atoms with Gasteiger partial charge in [0.05, 0.1) is 5.25 Å². The van der Waals surface area contributed by atoms with Gasteiger partial charge in [-0.05, 0) is 96.6 Å². The molecular formula is C40H37N3O3S. The Morgan fingerprint density at radius 3 is 1.98 bits per heavy atom. The lowest BCUT2D eigenvalue weighted by Gasteiger charge is -2.16. The van der Waals surface area contributed by atoms with E-state index in [0.29, 0.717) is 17.7 Å². The van der Waals surface area contributed by atoms with Crippen molar-refractivity contribution in [3.63, 3.8) is 0 Å². The molecule has 0 saturated heterocycles. The molecule has 1 atom stereocenters. The van der Waals surface area contributed by atoms with E-state index in [4.69, 9.17) is 0 Å². The maximum absolute atomic E-state index is 13.7. The van der Waals surface area contributed by atoms with Crippen molar-refractivity contribution in [1.29, 1.82) is 0 Å². The molecule has 5 rings (SSSR count). The first-order chi connectivity index (χ1) is 22.8. The van der Waals surface area contributed by atoms with Crippen LogP contribution in [0.25, 0.3) is 17.2 Å². The van der Waals surface area contributed by atoms with Gasteiger partial charge in [-0.2, -0.15) is 0 Å². The van der Waals surface area contributed by atoms with Crippen LogP contribution >= 0.6 is 11.8 Å². The Bertz CT molecular complexity index is 1870. The number of amides is 3. The summed E-state index contributed by atoms with van der Waals surface area (Å²) in [6.07, 6.45) is 2.29. The average Bonchev–Trinajstić information content (AvgIpc) is 3.07. The third-order valence-electron chi connectivity index (χ3n) is 7.38. The van der Waals surface area contributed by atoms with Crippen LogP contribution in [0.4, 0.5) is 11.4 Å². The molecule has 3 N–H and O–H groups in total. The molecule has 0 bridgehead atoms. The van der Waals surface area contributed by atoms with Crippen molar-refractivity contribution < 1.29 is 14.4 Å². The zero-order chi connectivity index (χ0) is 33.2. The van der Waals surface area contributed by atoms with Gasteiger partial charge < -0.3 is 16.0 Å². The van der Waals surface area contributed by atoms with Crippen molar-refractivity contribution in [2.24, 2.45) is 0 Å². The predicted molar refractivity (Wildman–Crippen MR) is 193 cm³/mol. The zero-order valence-electron chi connectivity index (χ0n) is 26.6. The number of anilines is 2. The van der Waals surface area contributed by atoms with Gasteiger partial charge in [-0.1, -0.05) is 91.9 Å². The topological polar surface area (TPSA) is 87.3 Å². The van der Waals surface area contributed by atoms with Crippen molar-refractivity contribution in [2.75, 3.05) is 10.6 Å². The largest absolute Gasteiger partial charge is 0.325 e. The molecule has 3 amide bonds. The Balaban J connectivity index is 1.33. The predicted octanol–water partition coefficient (Wildman–Crippen LogP) is 8.89. The van der Waals surface area contributed by atoms with Crippen molar-refractivity contribution in [2.45, 2.75) is 37.3 Å². The molecule has 0 aliphatic heterocycles. The number of aryl methyl sites for hydroxylation is 2. The fraction of sp³-hybridized carbons (Fsp3) is 0.125. The lowest BCUT2D eigenvalue weighted by atomic mass is 10.0. The van der Waals surface area contributed by atoms with Crippen LogP contribution in [0.2, 0.25) is 0 Å². The normalized spacial score (nSPS) is 11.8. The molecule has 0 saturated carbocycles. The summed E-state index contributed by atoms with van der Waals surface area (Å²) < 4.78 is 0. The summed E-state index contributed by atoms with van der Waals surface area (Å²) in [6.45, 7) is 5.98. The zero-order valence-corrected chi connectivity index (χ0v) is 27.4. The molecule has 0 aliphatic carbocycles. The van der Waals surface area contributed by atoms with Crippen molar-refractivity contribution >= 4 is 46.9 Å². The molecule has 5 aromatic carbocycles. The van der Waals surface area contributed by atoms with Crippen molar-refractivity contribution in [3.05, 3.63) is 155 Å². The average molecular weight is 640 g/mol. The van der Waals surface area contributed by atoms with Gasteiger partial charge in [0.2, 0.25) is 5.91 Å². The van der Waals surface area contributed by atoms with E-state index >= 15 is 0 Å². The molecule has 0 heterocycles. The van der Waals surface area contributed by atoms with Crippen LogP contribution in [0.5, 0.6) is 0 Å². The van der Waals surface area contributed by atoms with Crippen LogP contribution in [-0.4, -0.2) is 23.0 Å². The van der Waals surface area contributed by atoms with Gasteiger partial charge in [-0.3, -0.25) is 14.4 Å². The summed E-state index contributed by atoms with van der Waals surface area (Å²) in [7, 11) is 0. The molecule has 0 aromatic heterocycles. The number of hydrogen-bond acceptors (Lipinski definition) is 4. The van der Waals surface area contributed by atoms with Gasteiger partial charge in [0.25, 0.3) is 11.8 Å². The fourth-order valence-electron chi connectivity index (χ4n) is 5.11. The van der Waals surface area contributed by atoms with Crippen LogP contribution in [0, 0.1) is 13.8 Å². The molecule has 6 nitrogen and oxygen atoms in total. The molecule has 0 fully saturated rings. The highest BCUT2D eigenvalue weighted by Crippen LogP contribution is 2.29. The maximum Gasteiger partial charge on any atom is 0.272 e. The first kappa shape index (κ1) is 33.0. The number of carbonyl (C=O) groups is 3. The first-order valence-corrected chi connectivity index (χ1v) is 16.4. The molecule has 1 unspecified atom stereocenters. The third-order valence-corrected chi connectivity index (χ3v) is 8.74. The second-order valence-corrected chi connectivity index (χ2v) is 12.5. The molecule has 47 heavy (non-hydrogen) atoms. The van der Waals surface area contributed by atoms with Gasteiger partial charge >= 0.3 is 0 Å². The van der Waals surface area contributed by atoms with Crippen LogP contribution < -0.4 is 16.0 Å². The maximum atomic E-state index is 13.7. The van der Waals surface area contributed by atoms with E-state index in [1.54, 1.807) is 36.4 Å². The Morgan fingerprint density at radius 2 is 1.32 bits per heavy atom. The van der Waals surface area contributed by atoms with E-state index in [1.807, 2.05) is 112 Å². The SMILES string of the molecule is CCC(Sc1cccc(NC(=O)/C(=C\c2ccc(-c3ccccc3)cc2)NC(=O)c2ccccc2)c1)C(=O)Nc1cc(C)cc(C)c1. The molecular weight excluding hydrogens is 603 g/mol. The number of benzene rings is 5. The summed E-state index contributed by atoms with van der Waals surface area (Å²) in [4.78, 5) is 40.8. The van der Waals surface area contributed by atoms with Crippen LogP contribution in [0.3, 0.4) is 0 Å². The van der Waals surface area contributed by atoms with Crippen LogP contribution in [0.15, 0.2) is 138 Å². The number of thioether (sulfide) groups is 1. The minimum atomic E-state index is -0.469.